The van der Waals surface area contributed by atoms with Gasteiger partial charge in [-0.05, 0) is 6.07 Å². The van der Waals surface area contributed by atoms with Gasteiger partial charge in [0.25, 0.3) is 0 Å². The lowest BCUT2D eigenvalue weighted by atomic mass is 9.85. The molecule has 1 N–H and O–H groups in total. The van der Waals surface area contributed by atoms with Crippen molar-refractivity contribution in [2.24, 2.45) is 0 Å². The van der Waals surface area contributed by atoms with Crippen LogP contribution in [0.15, 0.2) is 42.7 Å². The fourth-order valence-corrected chi connectivity index (χ4v) is 1.94. The second kappa shape index (κ2) is 5.99. The Labute approximate surface area is 127 Å². The minimum Gasteiger partial charge on any atom is -0.475 e. The molecule has 0 amide bonds. The van der Waals surface area contributed by atoms with Crippen LogP contribution >= 0.6 is 0 Å². The first kappa shape index (κ1) is 16.3. The molecule has 0 fully saturated rings. The average Bonchev–Trinajstić information content (AvgIpc) is 2.52. The van der Waals surface area contributed by atoms with E-state index < -0.39 is 12.1 Å². The maximum atomic E-state index is 12.1. The lowest BCUT2D eigenvalue weighted by molar-refractivity contribution is -0.192. The smallest absolute Gasteiger partial charge is 0.475 e. The van der Waals surface area contributed by atoms with Gasteiger partial charge >= 0.3 is 12.1 Å². The molecule has 8 heteroatoms. The Kier molecular flexibility index (Phi) is 4.26. The SMILES string of the molecule is O=C(O)C(F)(F)F.O=C1c2ccccc2C(=O)c2cnccc21. The number of pyridine rings is 1. The number of fused-ring (bicyclic) bond motifs is 2. The van der Waals surface area contributed by atoms with Crippen LogP contribution in [0.2, 0.25) is 0 Å². The molecule has 0 radical (unpaired) electrons. The zero-order valence-electron chi connectivity index (χ0n) is 11.3. The van der Waals surface area contributed by atoms with Crippen LogP contribution in [0.3, 0.4) is 0 Å². The largest absolute Gasteiger partial charge is 0.490 e. The highest BCUT2D eigenvalue weighted by Gasteiger charge is 2.38. The summed E-state index contributed by atoms with van der Waals surface area (Å²) in [5.41, 5.74) is 1.78. The van der Waals surface area contributed by atoms with Crippen molar-refractivity contribution in [3.05, 3.63) is 65.0 Å². The standard InChI is InChI=1S/C13H7NO2.C2HF3O2/c15-12-8-3-1-2-4-9(8)13(16)11-7-14-6-5-10(11)12;3-2(4,5)1(6)7/h1-7H;(H,6,7). The van der Waals surface area contributed by atoms with E-state index in [1.165, 1.54) is 12.4 Å². The number of nitrogens with zero attached hydrogens (tertiary/aromatic N) is 1. The molecule has 0 atom stereocenters. The first-order valence-corrected chi connectivity index (χ1v) is 6.16. The van der Waals surface area contributed by atoms with Crippen LogP contribution < -0.4 is 0 Å². The van der Waals surface area contributed by atoms with E-state index >= 15 is 0 Å². The third-order valence-electron chi connectivity index (χ3n) is 2.97. The molecule has 0 bridgehead atoms. The number of carbonyl (C=O) groups is 3. The number of aliphatic carboxylic acids is 1. The average molecular weight is 323 g/mol. The van der Waals surface area contributed by atoms with Crippen molar-refractivity contribution < 1.29 is 32.7 Å². The number of alkyl halides is 3. The van der Waals surface area contributed by atoms with Crippen LogP contribution in [-0.4, -0.2) is 33.8 Å². The van der Waals surface area contributed by atoms with E-state index in [2.05, 4.69) is 4.98 Å². The summed E-state index contributed by atoms with van der Waals surface area (Å²) in [6.45, 7) is 0. The fourth-order valence-electron chi connectivity index (χ4n) is 1.94. The number of carboxylic acids is 1. The lowest BCUT2D eigenvalue weighted by Crippen LogP contribution is -2.21. The van der Waals surface area contributed by atoms with Crippen molar-refractivity contribution in [1.29, 1.82) is 0 Å². The molecule has 1 aliphatic carbocycles. The Morgan fingerprint density at radius 3 is 1.83 bits per heavy atom. The molecule has 0 saturated carbocycles. The van der Waals surface area contributed by atoms with Gasteiger partial charge in [-0.3, -0.25) is 14.6 Å². The molecule has 1 heterocycles. The van der Waals surface area contributed by atoms with Gasteiger partial charge in [0.05, 0.1) is 5.56 Å². The van der Waals surface area contributed by atoms with Crippen LogP contribution in [-0.2, 0) is 4.79 Å². The topological polar surface area (TPSA) is 84.3 Å². The number of carboxylic acid groups (broad SMARTS) is 1. The summed E-state index contributed by atoms with van der Waals surface area (Å²) >= 11 is 0. The predicted octanol–water partition coefficient (Wildman–Crippen LogP) is 2.49. The molecule has 0 saturated heterocycles. The van der Waals surface area contributed by atoms with Crippen molar-refractivity contribution in [2.75, 3.05) is 0 Å². The van der Waals surface area contributed by atoms with Crippen LogP contribution in [0.5, 0.6) is 0 Å². The highest BCUT2D eigenvalue weighted by atomic mass is 19.4. The Hall–Kier alpha value is -3.03. The van der Waals surface area contributed by atoms with E-state index in [1.807, 2.05) is 0 Å². The van der Waals surface area contributed by atoms with E-state index in [4.69, 9.17) is 9.90 Å². The molecule has 5 nitrogen and oxygen atoms in total. The zero-order valence-corrected chi connectivity index (χ0v) is 11.3. The van der Waals surface area contributed by atoms with Gasteiger partial charge in [-0.1, -0.05) is 24.3 Å². The van der Waals surface area contributed by atoms with Crippen molar-refractivity contribution >= 4 is 17.5 Å². The normalized spacial score (nSPS) is 12.7. The Balaban J connectivity index is 0.000000236. The number of ketones is 2. The molecule has 2 aromatic rings. The summed E-state index contributed by atoms with van der Waals surface area (Å²) in [6, 6.07) is 8.46. The van der Waals surface area contributed by atoms with Gasteiger partial charge in [0.2, 0.25) is 0 Å². The fraction of sp³-hybridized carbons (Fsp3) is 0.0667. The summed E-state index contributed by atoms with van der Waals surface area (Å²) in [6.07, 6.45) is -2.11. The van der Waals surface area contributed by atoms with Crippen LogP contribution in [0.25, 0.3) is 0 Å². The lowest BCUT2D eigenvalue weighted by Gasteiger charge is -2.15. The van der Waals surface area contributed by atoms with E-state index in [0.717, 1.165) is 0 Å². The first-order chi connectivity index (χ1) is 10.7. The molecule has 0 spiro atoms. The molecule has 1 aliphatic rings. The highest BCUT2D eigenvalue weighted by molar-refractivity contribution is 6.28. The Morgan fingerprint density at radius 2 is 1.35 bits per heavy atom. The van der Waals surface area contributed by atoms with Crippen molar-refractivity contribution in [3.8, 4) is 0 Å². The van der Waals surface area contributed by atoms with Gasteiger partial charge in [-0.25, -0.2) is 4.79 Å². The predicted molar refractivity (Wildman–Crippen MR) is 71.2 cm³/mol. The summed E-state index contributed by atoms with van der Waals surface area (Å²) in [5, 5.41) is 7.12. The molecular weight excluding hydrogens is 315 g/mol. The highest BCUT2D eigenvalue weighted by Crippen LogP contribution is 2.25. The van der Waals surface area contributed by atoms with Gasteiger partial charge in [-0.2, -0.15) is 13.2 Å². The van der Waals surface area contributed by atoms with E-state index in [0.29, 0.717) is 22.3 Å². The van der Waals surface area contributed by atoms with E-state index in [9.17, 15) is 22.8 Å². The third kappa shape index (κ3) is 3.25. The second-order valence-electron chi connectivity index (χ2n) is 4.43. The molecule has 118 valence electrons. The van der Waals surface area contributed by atoms with Gasteiger partial charge < -0.3 is 5.11 Å². The third-order valence-corrected chi connectivity index (χ3v) is 2.97. The maximum Gasteiger partial charge on any atom is 0.490 e. The van der Waals surface area contributed by atoms with Gasteiger partial charge in [0.15, 0.2) is 11.6 Å². The monoisotopic (exact) mass is 323 g/mol. The summed E-state index contributed by atoms with van der Waals surface area (Å²) in [5.74, 6) is -2.99. The van der Waals surface area contributed by atoms with Gasteiger partial charge in [0.1, 0.15) is 0 Å². The number of carbonyl (C=O) groups excluding carboxylic acids is 2. The van der Waals surface area contributed by atoms with Crippen LogP contribution in [0, 0.1) is 0 Å². The second-order valence-corrected chi connectivity index (χ2v) is 4.43. The van der Waals surface area contributed by atoms with Gasteiger partial charge in [0, 0.05) is 29.1 Å². The maximum absolute atomic E-state index is 12.1. The summed E-state index contributed by atoms with van der Waals surface area (Å²) in [7, 11) is 0. The molecule has 1 aromatic carbocycles. The minimum absolute atomic E-state index is 0.104. The van der Waals surface area contributed by atoms with Gasteiger partial charge in [-0.15, -0.1) is 0 Å². The van der Waals surface area contributed by atoms with Crippen molar-refractivity contribution in [3.63, 3.8) is 0 Å². The van der Waals surface area contributed by atoms with Crippen LogP contribution in [0.1, 0.15) is 31.8 Å². The Bertz CT molecular complexity index is 694. The quantitative estimate of drug-likeness (QED) is 0.687. The first-order valence-electron chi connectivity index (χ1n) is 6.16. The molecule has 0 aliphatic heterocycles. The van der Waals surface area contributed by atoms with E-state index in [-0.39, 0.29) is 11.6 Å². The Morgan fingerprint density at radius 1 is 0.913 bits per heavy atom. The molecule has 3 rings (SSSR count). The summed E-state index contributed by atoms with van der Waals surface area (Å²) < 4.78 is 31.7. The number of benzene rings is 1. The zero-order chi connectivity index (χ0) is 17.2. The number of rotatable bonds is 0. The minimum atomic E-state index is -5.08. The van der Waals surface area contributed by atoms with Crippen molar-refractivity contribution in [1.82, 2.24) is 4.98 Å². The number of hydrogen-bond acceptors (Lipinski definition) is 4. The molecule has 1 aromatic heterocycles. The van der Waals surface area contributed by atoms with Crippen molar-refractivity contribution in [2.45, 2.75) is 6.18 Å². The molecule has 23 heavy (non-hydrogen) atoms. The van der Waals surface area contributed by atoms with E-state index in [1.54, 1.807) is 30.3 Å². The summed E-state index contributed by atoms with van der Waals surface area (Å²) in [4.78, 5) is 36.9. The molecule has 0 unspecified atom stereocenters. The molecular formula is C15H8F3NO4. The number of hydrogen-bond donors (Lipinski definition) is 1. The van der Waals surface area contributed by atoms with Crippen LogP contribution in [0.4, 0.5) is 13.2 Å². The number of aromatic nitrogens is 1. The number of halogens is 3.